The first-order valence-electron chi connectivity index (χ1n) is 8.56. The number of ether oxygens (including phenoxy) is 1. The Kier molecular flexibility index (Phi) is 4.33. The lowest BCUT2D eigenvalue weighted by Crippen LogP contribution is -2.52. The highest BCUT2D eigenvalue weighted by Gasteiger charge is 2.48. The Morgan fingerprint density at radius 2 is 2.00 bits per heavy atom. The maximum Gasteiger partial charge on any atom is 0.133 e. The lowest BCUT2D eigenvalue weighted by Gasteiger charge is -2.33. The highest BCUT2D eigenvalue weighted by atomic mass is 16.5. The molecule has 3 aliphatic rings. The van der Waals surface area contributed by atoms with Crippen LogP contribution in [0, 0.1) is 23.2 Å². The van der Waals surface area contributed by atoms with Gasteiger partial charge in [-0.1, -0.05) is 26.2 Å². The van der Waals surface area contributed by atoms with Gasteiger partial charge in [-0.3, -0.25) is 5.32 Å². The number of hydrogen-bond donors (Lipinski definition) is 1. The van der Waals surface area contributed by atoms with Crippen molar-refractivity contribution in [3.05, 3.63) is 0 Å². The Bertz CT molecular complexity index is 370. The van der Waals surface area contributed by atoms with Crippen LogP contribution in [-0.2, 0) is 4.74 Å². The maximum absolute atomic E-state index is 9.70. The van der Waals surface area contributed by atoms with Gasteiger partial charge in [-0.05, 0) is 50.4 Å². The van der Waals surface area contributed by atoms with Crippen molar-refractivity contribution in [1.29, 1.82) is 5.26 Å². The summed E-state index contributed by atoms with van der Waals surface area (Å²) in [4.78, 5) is 0. The number of nitrogens with zero attached hydrogens (tertiary/aromatic N) is 1. The first kappa shape index (κ1) is 14.4. The Morgan fingerprint density at radius 3 is 2.60 bits per heavy atom. The molecule has 3 unspecified atom stereocenters. The van der Waals surface area contributed by atoms with Gasteiger partial charge >= 0.3 is 0 Å². The molecule has 3 nitrogen and oxygen atoms in total. The predicted molar refractivity (Wildman–Crippen MR) is 79.2 cm³/mol. The van der Waals surface area contributed by atoms with E-state index in [1.165, 1.54) is 57.8 Å². The fraction of sp³-hybridized carbons (Fsp3) is 0.941. The van der Waals surface area contributed by atoms with Crippen LogP contribution in [0.2, 0.25) is 0 Å². The van der Waals surface area contributed by atoms with Crippen molar-refractivity contribution in [3.8, 4) is 6.07 Å². The summed E-state index contributed by atoms with van der Waals surface area (Å²) in [5, 5.41) is 13.3. The number of hydrogen-bond acceptors (Lipinski definition) is 3. The van der Waals surface area contributed by atoms with Gasteiger partial charge in [0, 0.05) is 6.04 Å². The summed E-state index contributed by atoms with van der Waals surface area (Å²) in [6.07, 6.45) is 11.6. The van der Waals surface area contributed by atoms with E-state index < -0.39 is 0 Å². The average Bonchev–Trinajstić information content (AvgIpc) is 3.37. The lowest BCUT2D eigenvalue weighted by atomic mass is 9.85. The molecule has 0 aliphatic heterocycles. The van der Waals surface area contributed by atoms with Gasteiger partial charge < -0.3 is 4.74 Å². The third-order valence-electron chi connectivity index (χ3n) is 5.37. The third-order valence-corrected chi connectivity index (χ3v) is 5.37. The van der Waals surface area contributed by atoms with Gasteiger partial charge in [-0.25, -0.2) is 0 Å². The van der Waals surface area contributed by atoms with E-state index >= 15 is 0 Å². The van der Waals surface area contributed by atoms with Gasteiger partial charge in [0.25, 0.3) is 0 Å². The molecule has 0 aromatic carbocycles. The van der Waals surface area contributed by atoms with Crippen LogP contribution in [0.25, 0.3) is 0 Å². The van der Waals surface area contributed by atoms with E-state index in [4.69, 9.17) is 4.74 Å². The van der Waals surface area contributed by atoms with Gasteiger partial charge in [0.15, 0.2) is 0 Å². The molecule has 3 heteroatoms. The molecule has 20 heavy (non-hydrogen) atoms. The van der Waals surface area contributed by atoms with E-state index in [0.717, 1.165) is 5.92 Å². The highest BCUT2D eigenvalue weighted by Crippen LogP contribution is 2.42. The number of rotatable bonds is 7. The second-order valence-corrected chi connectivity index (χ2v) is 7.15. The van der Waals surface area contributed by atoms with Crippen molar-refractivity contribution in [1.82, 2.24) is 5.32 Å². The van der Waals surface area contributed by atoms with Crippen molar-refractivity contribution in [3.63, 3.8) is 0 Å². The minimum absolute atomic E-state index is 0.389. The standard InChI is InChI=1S/C17H28N2O/c1-2-13-4-3-5-16(10-13)20-12-17(11-18,14-6-7-14)19-15-8-9-15/h13-16,19H,2-10,12H2,1H3. The molecule has 3 atom stereocenters. The quantitative estimate of drug-likeness (QED) is 0.775. The van der Waals surface area contributed by atoms with Crippen LogP contribution in [0.5, 0.6) is 0 Å². The molecular formula is C17H28N2O. The van der Waals surface area contributed by atoms with Crippen LogP contribution >= 0.6 is 0 Å². The summed E-state index contributed by atoms with van der Waals surface area (Å²) in [6.45, 7) is 2.89. The van der Waals surface area contributed by atoms with Crippen LogP contribution < -0.4 is 5.32 Å². The summed E-state index contributed by atoms with van der Waals surface area (Å²) in [7, 11) is 0. The Balaban J connectivity index is 1.55. The summed E-state index contributed by atoms with van der Waals surface area (Å²) in [5.41, 5.74) is -0.389. The lowest BCUT2D eigenvalue weighted by molar-refractivity contribution is -0.0142. The van der Waals surface area contributed by atoms with E-state index in [-0.39, 0.29) is 5.54 Å². The summed E-state index contributed by atoms with van der Waals surface area (Å²) in [5.74, 6) is 1.36. The molecule has 0 spiro atoms. The molecule has 0 heterocycles. The Morgan fingerprint density at radius 1 is 1.20 bits per heavy atom. The zero-order chi connectivity index (χ0) is 14.0. The zero-order valence-corrected chi connectivity index (χ0v) is 12.7. The molecule has 1 N–H and O–H groups in total. The molecule has 112 valence electrons. The maximum atomic E-state index is 9.70. The minimum Gasteiger partial charge on any atom is -0.375 e. The van der Waals surface area contributed by atoms with Crippen molar-refractivity contribution >= 4 is 0 Å². The molecule has 3 aliphatic carbocycles. The van der Waals surface area contributed by atoms with Crippen molar-refractivity contribution in [2.75, 3.05) is 6.61 Å². The van der Waals surface area contributed by atoms with Gasteiger partial charge in [0.1, 0.15) is 5.54 Å². The molecular weight excluding hydrogens is 248 g/mol. The van der Waals surface area contributed by atoms with E-state index in [2.05, 4.69) is 18.3 Å². The van der Waals surface area contributed by atoms with E-state index in [0.29, 0.717) is 24.7 Å². The Labute approximate surface area is 123 Å². The average molecular weight is 276 g/mol. The second kappa shape index (κ2) is 6.03. The van der Waals surface area contributed by atoms with Gasteiger partial charge in [-0.2, -0.15) is 5.26 Å². The first-order chi connectivity index (χ1) is 9.75. The smallest absolute Gasteiger partial charge is 0.133 e. The number of nitriles is 1. The fourth-order valence-electron chi connectivity index (χ4n) is 3.61. The molecule has 0 radical (unpaired) electrons. The van der Waals surface area contributed by atoms with Crippen LogP contribution in [0.4, 0.5) is 0 Å². The summed E-state index contributed by atoms with van der Waals surface area (Å²) < 4.78 is 6.22. The van der Waals surface area contributed by atoms with Crippen LogP contribution in [0.3, 0.4) is 0 Å². The van der Waals surface area contributed by atoms with E-state index in [9.17, 15) is 5.26 Å². The predicted octanol–water partition coefficient (Wildman–Crippen LogP) is 3.40. The minimum atomic E-state index is -0.389. The Hall–Kier alpha value is -0.590. The molecule has 0 saturated heterocycles. The molecule has 0 bridgehead atoms. The van der Waals surface area contributed by atoms with Gasteiger partial charge in [0.2, 0.25) is 0 Å². The van der Waals surface area contributed by atoms with E-state index in [1.807, 2.05) is 0 Å². The molecule has 0 aromatic heterocycles. The summed E-state index contributed by atoms with van der Waals surface area (Å²) in [6, 6.07) is 3.15. The van der Waals surface area contributed by atoms with Crippen LogP contribution in [-0.4, -0.2) is 24.3 Å². The van der Waals surface area contributed by atoms with Gasteiger partial charge in [-0.15, -0.1) is 0 Å². The largest absolute Gasteiger partial charge is 0.375 e. The summed E-state index contributed by atoms with van der Waals surface area (Å²) >= 11 is 0. The molecule has 3 fully saturated rings. The van der Waals surface area contributed by atoms with Crippen LogP contribution in [0.1, 0.15) is 64.7 Å². The molecule has 3 saturated carbocycles. The van der Waals surface area contributed by atoms with Gasteiger partial charge in [0.05, 0.1) is 18.8 Å². The second-order valence-electron chi connectivity index (χ2n) is 7.15. The van der Waals surface area contributed by atoms with Crippen LogP contribution in [0.15, 0.2) is 0 Å². The highest BCUT2D eigenvalue weighted by molar-refractivity contribution is 5.17. The number of nitrogens with one attached hydrogen (secondary N) is 1. The van der Waals surface area contributed by atoms with Crippen molar-refractivity contribution < 1.29 is 4.74 Å². The fourth-order valence-corrected chi connectivity index (χ4v) is 3.61. The molecule has 3 rings (SSSR count). The topological polar surface area (TPSA) is 45.0 Å². The van der Waals surface area contributed by atoms with Crippen molar-refractivity contribution in [2.24, 2.45) is 11.8 Å². The molecule has 0 amide bonds. The third kappa shape index (κ3) is 3.35. The van der Waals surface area contributed by atoms with Crippen molar-refractivity contribution in [2.45, 2.75) is 82.4 Å². The SMILES string of the molecule is CCC1CCCC(OCC(C#N)(NC2CC2)C2CC2)C1. The first-order valence-corrected chi connectivity index (χ1v) is 8.56. The zero-order valence-electron chi connectivity index (χ0n) is 12.7. The molecule has 0 aromatic rings. The monoisotopic (exact) mass is 276 g/mol. The normalized spacial score (nSPS) is 33.4. The van der Waals surface area contributed by atoms with E-state index in [1.54, 1.807) is 0 Å².